The second-order valence-electron chi connectivity index (χ2n) is 4.61. The molecule has 2 rings (SSSR count). The van der Waals surface area contributed by atoms with Crippen molar-refractivity contribution in [2.45, 2.75) is 46.5 Å². The van der Waals surface area contributed by atoms with Crippen LogP contribution in [0.5, 0.6) is 0 Å². The van der Waals surface area contributed by atoms with E-state index >= 15 is 0 Å². The summed E-state index contributed by atoms with van der Waals surface area (Å²) in [5, 5.41) is 0. The first-order valence-corrected chi connectivity index (χ1v) is 6.76. The fourth-order valence-electron chi connectivity index (χ4n) is 2.05. The molecule has 1 nitrogen and oxygen atoms in total. The molecule has 18 heavy (non-hydrogen) atoms. The third-order valence-corrected chi connectivity index (χ3v) is 3.15. The Kier molecular flexibility index (Phi) is 5.57. The standard InChI is InChI=1S/C13H17F2N.C2H6/c1-9(2)11-5-4-10(16-6-3-7-16)8-12(11)13(14)15;1-2/h4-5,8-9,13H,3,6-7H2,1-2H3;1-2H3. The molecule has 0 atom stereocenters. The molecule has 3 heteroatoms. The molecule has 1 fully saturated rings. The predicted molar refractivity (Wildman–Crippen MR) is 73.7 cm³/mol. The molecular weight excluding hydrogens is 232 g/mol. The normalized spacial score (nSPS) is 14.3. The monoisotopic (exact) mass is 255 g/mol. The first kappa shape index (κ1) is 14.9. The molecule has 1 aliphatic heterocycles. The van der Waals surface area contributed by atoms with Gasteiger partial charge in [-0.05, 0) is 30.0 Å². The predicted octanol–water partition coefficient (Wildman–Crippen LogP) is 4.98. The van der Waals surface area contributed by atoms with E-state index in [1.165, 1.54) is 0 Å². The molecule has 102 valence electrons. The Morgan fingerprint density at radius 3 is 2.06 bits per heavy atom. The van der Waals surface area contributed by atoms with Gasteiger partial charge in [-0.2, -0.15) is 0 Å². The number of alkyl halides is 2. The topological polar surface area (TPSA) is 3.24 Å². The quantitative estimate of drug-likeness (QED) is 0.736. The van der Waals surface area contributed by atoms with Gasteiger partial charge >= 0.3 is 0 Å². The fourth-order valence-corrected chi connectivity index (χ4v) is 2.05. The van der Waals surface area contributed by atoms with Crippen molar-refractivity contribution in [2.75, 3.05) is 18.0 Å². The lowest BCUT2D eigenvalue weighted by molar-refractivity contribution is 0.150. The van der Waals surface area contributed by atoms with E-state index in [2.05, 4.69) is 4.90 Å². The molecule has 1 aromatic rings. The van der Waals surface area contributed by atoms with Gasteiger partial charge in [-0.3, -0.25) is 0 Å². The molecule has 0 aromatic heterocycles. The Labute approximate surface area is 109 Å². The van der Waals surface area contributed by atoms with Crippen LogP contribution in [-0.2, 0) is 0 Å². The highest BCUT2D eigenvalue weighted by Gasteiger charge is 2.20. The van der Waals surface area contributed by atoms with Gasteiger partial charge in [0.2, 0.25) is 0 Å². The number of rotatable bonds is 3. The molecule has 0 aliphatic carbocycles. The lowest BCUT2D eigenvalue weighted by atomic mass is 9.96. The minimum Gasteiger partial charge on any atom is -0.371 e. The van der Waals surface area contributed by atoms with Crippen molar-refractivity contribution in [3.05, 3.63) is 29.3 Å². The summed E-state index contributed by atoms with van der Waals surface area (Å²) in [6.07, 6.45) is -1.21. The highest BCUT2D eigenvalue weighted by Crippen LogP contribution is 2.33. The zero-order valence-electron chi connectivity index (χ0n) is 11.7. The summed E-state index contributed by atoms with van der Waals surface area (Å²) in [5.74, 6) is 0.148. The Morgan fingerprint density at radius 2 is 1.67 bits per heavy atom. The van der Waals surface area contributed by atoms with Crippen molar-refractivity contribution >= 4 is 5.69 Å². The minimum atomic E-state index is -2.38. The number of anilines is 1. The fraction of sp³-hybridized carbons (Fsp3) is 0.600. The van der Waals surface area contributed by atoms with Crippen LogP contribution < -0.4 is 4.90 Å². The number of benzene rings is 1. The van der Waals surface area contributed by atoms with Gasteiger partial charge in [0.15, 0.2) is 0 Å². The summed E-state index contributed by atoms with van der Waals surface area (Å²) >= 11 is 0. The van der Waals surface area contributed by atoms with E-state index in [9.17, 15) is 8.78 Å². The van der Waals surface area contributed by atoms with Crippen molar-refractivity contribution in [1.82, 2.24) is 0 Å². The third-order valence-electron chi connectivity index (χ3n) is 3.15. The largest absolute Gasteiger partial charge is 0.371 e. The summed E-state index contributed by atoms with van der Waals surface area (Å²) in [6, 6.07) is 5.46. The van der Waals surface area contributed by atoms with E-state index in [4.69, 9.17) is 0 Å². The van der Waals surface area contributed by atoms with Gasteiger partial charge in [0.25, 0.3) is 6.43 Å². The second-order valence-corrected chi connectivity index (χ2v) is 4.61. The van der Waals surface area contributed by atoms with E-state index in [1.807, 2.05) is 39.8 Å². The molecule has 1 saturated heterocycles. The van der Waals surface area contributed by atoms with Gasteiger partial charge in [0, 0.05) is 24.3 Å². The van der Waals surface area contributed by atoms with Crippen LogP contribution in [0, 0.1) is 0 Å². The molecule has 0 radical (unpaired) electrons. The average Bonchev–Trinajstić information content (AvgIpc) is 2.29. The van der Waals surface area contributed by atoms with E-state index < -0.39 is 6.43 Å². The first-order chi connectivity index (χ1) is 8.59. The Morgan fingerprint density at radius 1 is 1.06 bits per heavy atom. The maximum atomic E-state index is 12.9. The van der Waals surface area contributed by atoms with E-state index in [-0.39, 0.29) is 11.5 Å². The summed E-state index contributed by atoms with van der Waals surface area (Å²) < 4.78 is 25.9. The lowest BCUT2D eigenvalue weighted by Gasteiger charge is -2.33. The molecule has 0 amide bonds. The van der Waals surface area contributed by atoms with Gasteiger partial charge in [0.1, 0.15) is 0 Å². The number of hydrogen-bond acceptors (Lipinski definition) is 1. The number of nitrogens with zero attached hydrogens (tertiary/aromatic N) is 1. The lowest BCUT2D eigenvalue weighted by Crippen LogP contribution is -2.37. The van der Waals surface area contributed by atoms with E-state index in [0.29, 0.717) is 0 Å². The molecule has 0 spiro atoms. The minimum absolute atomic E-state index is 0.148. The van der Waals surface area contributed by atoms with E-state index in [0.717, 1.165) is 30.8 Å². The molecule has 1 heterocycles. The summed E-state index contributed by atoms with van der Waals surface area (Å²) in [7, 11) is 0. The van der Waals surface area contributed by atoms with Crippen molar-refractivity contribution in [3.63, 3.8) is 0 Å². The molecule has 0 N–H and O–H groups in total. The molecule has 0 unspecified atom stereocenters. The maximum absolute atomic E-state index is 12.9. The Hall–Kier alpha value is -1.12. The molecule has 1 aliphatic rings. The van der Waals surface area contributed by atoms with Crippen LogP contribution in [0.15, 0.2) is 18.2 Å². The van der Waals surface area contributed by atoms with Crippen LogP contribution in [-0.4, -0.2) is 13.1 Å². The number of hydrogen-bond donors (Lipinski definition) is 0. The molecule has 0 bridgehead atoms. The second kappa shape index (κ2) is 6.72. The van der Waals surface area contributed by atoms with Crippen molar-refractivity contribution in [3.8, 4) is 0 Å². The van der Waals surface area contributed by atoms with Gasteiger partial charge in [-0.25, -0.2) is 8.78 Å². The van der Waals surface area contributed by atoms with Crippen LogP contribution in [0.25, 0.3) is 0 Å². The van der Waals surface area contributed by atoms with Crippen LogP contribution >= 0.6 is 0 Å². The van der Waals surface area contributed by atoms with Crippen molar-refractivity contribution in [2.24, 2.45) is 0 Å². The zero-order valence-corrected chi connectivity index (χ0v) is 11.7. The molecule has 0 saturated carbocycles. The van der Waals surface area contributed by atoms with Crippen LogP contribution in [0.2, 0.25) is 0 Å². The SMILES string of the molecule is CC.CC(C)c1ccc(N2CCC2)cc1C(F)F. The van der Waals surface area contributed by atoms with Gasteiger partial charge in [-0.15, -0.1) is 0 Å². The average molecular weight is 255 g/mol. The van der Waals surface area contributed by atoms with Gasteiger partial charge in [0.05, 0.1) is 0 Å². The van der Waals surface area contributed by atoms with Gasteiger partial charge in [-0.1, -0.05) is 33.8 Å². The number of halogens is 2. The molecule has 1 aromatic carbocycles. The summed E-state index contributed by atoms with van der Waals surface area (Å²) in [4.78, 5) is 2.13. The summed E-state index contributed by atoms with van der Waals surface area (Å²) in [5.41, 5.74) is 1.89. The maximum Gasteiger partial charge on any atom is 0.264 e. The van der Waals surface area contributed by atoms with Crippen LogP contribution in [0.4, 0.5) is 14.5 Å². The van der Waals surface area contributed by atoms with Crippen LogP contribution in [0.1, 0.15) is 57.6 Å². The Bertz CT molecular complexity index is 371. The third kappa shape index (κ3) is 3.21. The highest BCUT2D eigenvalue weighted by molar-refractivity contribution is 5.53. The van der Waals surface area contributed by atoms with Crippen LogP contribution in [0.3, 0.4) is 0 Å². The van der Waals surface area contributed by atoms with E-state index in [1.54, 1.807) is 6.07 Å². The van der Waals surface area contributed by atoms with Crippen molar-refractivity contribution in [1.29, 1.82) is 0 Å². The van der Waals surface area contributed by atoms with Gasteiger partial charge < -0.3 is 4.90 Å². The first-order valence-electron chi connectivity index (χ1n) is 6.76. The Balaban J connectivity index is 0.000000771. The molecular formula is C15H23F2N. The summed E-state index contributed by atoms with van der Waals surface area (Å²) in [6.45, 7) is 9.88. The highest BCUT2D eigenvalue weighted by atomic mass is 19.3. The zero-order chi connectivity index (χ0) is 13.7. The smallest absolute Gasteiger partial charge is 0.264 e. The van der Waals surface area contributed by atoms with Crippen molar-refractivity contribution < 1.29 is 8.78 Å².